The molecule has 0 fully saturated rings. The highest BCUT2D eigenvalue weighted by molar-refractivity contribution is 9.10. The third-order valence-electron chi connectivity index (χ3n) is 2.75. The van der Waals surface area contributed by atoms with Gasteiger partial charge in [0.15, 0.2) is 0 Å². The van der Waals surface area contributed by atoms with Crippen molar-refractivity contribution in [1.82, 2.24) is 5.32 Å². The molecule has 2 rings (SSSR count). The van der Waals surface area contributed by atoms with Gasteiger partial charge in [-0.15, -0.1) is 0 Å². The van der Waals surface area contributed by atoms with Gasteiger partial charge in [-0.2, -0.15) is 0 Å². The lowest BCUT2D eigenvalue weighted by Gasteiger charge is -2.10. The van der Waals surface area contributed by atoms with Gasteiger partial charge in [-0.1, -0.05) is 39.7 Å². The van der Waals surface area contributed by atoms with E-state index in [1.165, 1.54) is 7.11 Å². The first kappa shape index (κ1) is 16.4. The van der Waals surface area contributed by atoms with Gasteiger partial charge < -0.3 is 15.4 Å². The summed E-state index contributed by atoms with van der Waals surface area (Å²) < 4.78 is 6.14. The van der Waals surface area contributed by atoms with Crippen molar-refractivity contribution in [3.8, 4) is 5.75 Å². The lowest BCUT2D eigenvalue weighted by molar-refractivity contribution is 0.255. The van der Waals surface area contributed by atoms with E-state index in [1.54, 1.807) is 30.5 Å². The zero-order valence-corrected chi connectivity index (χ0v) is 14.1. The molecule has 0 atom stereocenters. The molecule has 0 aliphatic carbocycles. The summed E-state index contributed by atoms with van der Waals surface area (Å²) in [5.74, 6) is 0.538. The Morgan fingerprint density at radius 3 is 2.82 bits per heavy atom. The molecule has 0 saturated carbocycles. The first-order valence-electron chi connectivity index (χ1n) is 6.41. The number of amides is 2. The Morgan fingerprint density at radius 2 is 2.09 bits per heavy atom. The second-order valence-corrected chi connectivity index (χ2v) is 5.68. The van der Waals surface area contributed by atoms with Crippen molar-refractivity contribution < 1.29 is 9.53 Å². The maximum absolute atomic E-state index is 11.9. The number of rotatable bonds is 4. The van der Waals surface area contributed by atoms with Crippen LogP contribution in [0.4, 0.5) is 10.5 Å². The van der Waals surface area contributed by atoms with Gasteiger partial charge in [0.05, 0.1) is 12.8 Å². The summed E-state index contributed by atoms with van der Waals surface area (Å²) in [6.07, 6.45) is 3.35. The van der Waals surface area contributed by atoms with Gasteiger partial charge in [0.1, 0.15) is 5.75 Å². The van der Waals surface area contributed by atoms with Gasteiger partial charge in [-0.3, -0.25) is 0 Å². The molecule has 0 saturated heterocycles. The van der Waals surface area contributed by atoms with Gasteiger partial charge in [-0.05, 0) is 42.0 Å². The minimum atomic E-state index is -0.383. The molecule has 0 aliphatic heterocycles. The second kappa shape index (κ2) is 7.87. The number of hydrogen-bond donors (Lipinski definition) is 2. The topological polar surface area (TPSA) is 50.4 Å². The number of halogens is 2. The minimum absolute atomic E-state index is 0.383. The molecule has 0 aromatic heterocycles. The van der Waals surface area contributed by atoms with Crippen LogP contribution in [0.5, 0.6) is 5.75 Å². The molecule has 2 aromatic carbocycles. The number of nitrogens with one attached hydrogen (secondary N) is 2. The second-order valence-electron chi connectivity index (χ2n) is 4.33. The molecule has 0 heterocycles. The van der Waals surface area contributed by atoms with Crippen molar-refractivity contribution in [3.05, 3.63) is 63.7 Å². The summed E-state index contributed by atoms with van der Waals surface area (Å²) in [6, 6.07) is 12.3. The number of ether oxygens (including phenoxy) is 1. The molecular weight excluding hydrogens is 368 g/mol. The molecule has 2 aromatic rings. The molecule has 114 valence electrons. The summed E-state index contributed by atoms with van der Waals surface area (Å²) in [4.78, 5) is 11.9. The highest BCUT2D eigenvalue weighted by atomic mass is 79.9. The van der Waals surface area contributed by atoms with Crippen LogP contribution in [0.2, 0.25) is 5.02 Å². The lowest BCUT2D eigenvalue weighted by Crippen LogP contribution is -2.24. The van der Waals surface area contributed by atoms with Crippen LogP contribution < -0.4 is 15.4 Å². The first-order chi connectivity index (χ1) is 10.6. The molecule has 0 spiro atoms. The normalized spacial score (nSPS) is 10.5. The number of carbonyl (C=O) groups excluding carboxylic acids is 1. The number of carbonyl (C=O) groups is 1. The van der Waals surface area contributed by atoms with Crippen LogP contribution in [-0.4, -0.2) is 13.1 Å². The van der Waals surface area contributed by atoms with Crippen LogP contribution in [-0.2, 0) is 0 Å². The van der Waals surface area contributed by atoms with E-state index in [0.29, 0.717) is 16.5 Å². The number of benzene rings is 2. The van der Waals surface area contributed by atoms with E-state index in [0.717, 1.165) is 10.0 Å². The molecular formula is C16H14BrClN2O2. The Labute approximate surface area is 142 Å². The Morgan fingerprint density at radius 1 is 1.27 bits per heavy atom. The Kier molecular flexibility index (Phi) is 5.86. The summed E-state index contributed by atoms with van der Waals surface area (Å²) in [6.45, 7) is 0. The van der Waals surface area contributed by atoms with E-state index in [4.69, 9.17) is 16.3 Å². The fourth-order valence-corrected chi connectivity index (χ4v) is 2.35. The van der Waals surface area contributed by atoms with Gasteiger partial charge in [0.2, 0.25) is 0 Å². The molecule has 4 nitrogen and oxygen atoms in total. The monoisotopic (exact) mass is 380 g/mol. The van der Waals surface area contributed by atoms with E-state index >= 15 is 0 Å². The molecule has 0 radical (unpaired) electrons. The van der Waals surface area contributed by atoms with Gasteiger partial charge in [0, 0.05) is 15.7 Å². The van der Waals surface area contributed by atoms with Gasteiger partial charge in [0.25, 0.3) is 0 Å². The molecule has 2 N–H and O–H groups in total. The summed E-state index contributed by atoms with van der Waals surface area (Å²) in [7, 11) is 1.53. The van der Waals surface area contributed by atoms with Crippen molar-refractivity contribution >= 4 is 45.3 Å². The molecule has 6 heteroatoms. The van der Waals surface area contributed by atoms with Crippen LogP contribution in [0.3, 0.4) is 0 Å². The third-order valence-corrected chi connectivity index (χ3v) is 3.48. The third kappa shape index (κ3) is 4.79. The summed E-state index contributed by atoms with van der Waals surface area (Å²) >= 11 is 9.30. The maximum atomic E-state index is 11.9. The van der Waals surface area contributed by atoms with Crippen LogP contribution in [0.25, 0.3) is 6.08 Å². The van der Waals surface area contributed by atoms with Crippen molar-refractivity contribution in [1.29, 1.82) is 0 Å². The number of methoxy groups -OCH3 is 1. The molecule has 0 unspecified atom stereocenters. The summed E-state index contributed by atoms with van der Waals surface area (Å²) in [5, 5.41) is 5.82. The lowest BCUT2D eigenvalue weighted by atomic mass is 10.2. The number of hydrogen-bond acceptors (Lipinski definition) is 2. The average molecular weight is 382 g/mol. The highest BCUT2D eigenvalue weighted by Crippen LogP contribution is 2.27. The summed E-state index contributed by atoms with van der Waals surface area (Å²) in [5.41, 5.74) is 1.47. The van der Waals surface area contributed by atoms with Crippen molar-refractivity contribution in [2.24, 2.45) is 0 Å². The molecule has 0 bridgehead atoms. The van der Waals surface area contributed by atoms with Crippen molar-refractivity contribution in [2.75, 3.05) is 12.4 Å². The number of anilines is 1. The van der Waals surface area contributed by atoms with Crippen LogP contribution in [0.1, 0.15) is 5.56 Å². The zero-order chi connectivity index (χ0) is 15.9. The predicted octanol–water partition coefficient (Wildman–Crippen LogP) is 4.90. The quantitative estimate of drug-likeness (QED) is 0.791. The van der Waals surface area contributed by atoms with E-state index in [1.807, 2.05) is 24.3 Å². The Hall–Kier alpha value is -1.98. The molecule has 2 amide bonds. The van der Waals surface area contributed by atoms with Crippen molar-refractivity contribution in [2.45, 2.75) is 0 Å². The Balaban J connectivity index is 1.97. The molecule has 0 aliphatic rings. The average Bonchev–Trinajstić information content (AvgIpc) is 2.47. The van der Waals surface area contributed by atoms with Crippen LogP contribution in [0, 0.1) is 0 Å². The fourth-order valence-electron chi connectivity index (χ4n) is 1.76. The van der Waals surface area contributed by atoms with Crippen LogP contribution in [0.15, 0.2) is 53.1 Å². The minimum Gasteiger partial charge on any atom is -0.495 e. The van der Waals surface area contributed by atoms with Crippen molar-refractivity contribution in [3.63, 3.8) is 0 Å². The van der Waals surface area contributed by atoms with E-state index in [2.05, 4.69) is 26.6 Å². The predicted molar refractivity (Wildman–Crippen MR) is 93.3 cm³/mol. The largest absolute Gasteiger partial charge is 0.495 e. The van der Waals surface area contributed by atoms with E-state index in [9.17, 15) is 4.79 Å². The first-order valence-corrected chi connectivity index (χ1v) is 7.59. The smallest absolute Gasteiger partial charge is 0.323 e. The standard InChI is InChI=1S/C16H14BrClN2O2/c1-22-15-6-5-13(18)10-14(15)20-16(21)19-8-7-11-3-2-4-12(17)9-11/h2-10H,1H3,(H2,19,20,21)/b8-7+. The number of urea groups is 1. The highest BCUT2D eigenvalue weighted by Gasteiger charge is 2.06. The van der Waals surface area contributed by atoms with Crippen LogP contribution >= 0.6 is 27.5 Å². The van der Waals surface area contributed by atoms with E-state index < -0.39 is 0 Å². The van der Waals surface area contributed by atoms with E-state index in [-0.39, 0.29) is 6.03 Å². The zero-order valence-electron chi connectivity index (χ0n) is 11.8. The fraction of sp³-hybridized carbons (Fsp3) is 0.0625. The van der Waals surface area contributed by atoms with Gasteiger partial charge in [-0.25, -0.2) is 4.79 Å². The van der Waals surface area contributed by atoms with Gasteiger partial charge >= 0.3 is 6.03 Å². The molecule has 22 heavy (non-hydrogen) atoms. The Bertz CT molecular complexity index is 704. The SMILES string of the molecule is COc1ccc(Cl)cc1NC(=O)N/C=C/c1cccc(Br)c1. The maximum Gasteiger partial charge on any atom is 0.323 e.